The van der Waals surface area contributed by atoms with Crippen molar-refractivity contribution in [3.05, 3.63) is 228 Å². The van der Waals surface area contributed by atoms with Gasteiger partial charge in [-0.1, -0.05) is 203 Å². The molecule has 2 aliphatic carbocycles. The number of rotatable bonds is 5. The molecule has 0 N–H and O–H groups in total. The minimum Gasteiger partial charge on any atom is -0.309 e. The summed E-state index contributed by atoms with van der Waals surface area (Å²) >= 11 is 0. The molecule has 3 aliphatic rings. The van der Waals surface area contributed by atoms with E-state index < -0.39 is 0 Å². The predicted molar refractivity (Wildman–Crippen MR) is 282 cm³/mol. The van der Waals surface area contributed by atoms with Crippen LogP contribution in [0, 0.1) is 0 Å². The van der Waals surface area contributed by atoms with Crippen LogP contribution in [0.2, 0.25) is 0 Å². The van der Waals surface area contributed by atoms with Crippen LogP contribution < -0.4 is 10.4 Å². The summed E-state index contributed by atoms with van der Waals surface area (Å²) in [6, 6.07) is 74.5. The van der Waals surface area contributed by atoms with Gasteiger partial charge in [-0.05, 0) is 136 Å². The lowest BCUT2D eigenvalue weighted by molar-refractivity contribution is 0.660. The molecule has 0 saturated carbocycles. The molecule has 66 heavy (non-hydrogen) atoms. The van der Waals surface area contributed by atoms with Gasteiger partial charge in [0.1, 0.15) is 0 Å². The molecule has 1 heterocycles. The molecule has 0 saturated heterocycles. The van der Waals surface area contributed by atoms with Crippen molar-refractivity contribution < 1.29 is 0 Å². The van der Waals surface area contributed by atoms with E-state index in [1.165, 1.54) is 132 Å². The molecule has 0 amide bonds. The Morgan fingerprint density at radius 3 is 1.71 bits per heavy atom. The highest BCUT2D eigenvalue weighted by Crippen LogP contribution is 2.57. The maximum absolute atomic E-state index is 2.68. The highest BCUT2D eigenvalue weighted by molar-refractivity contribution is 6.73. The zero-order chi connectivity index (χ0) is 44.1. The largest absolute Gasteiger partial charge is 0.309 e. The van der Waals surface area contributed by atoms with Gasteiger partial charge in [-0.2, -0.15) is 0 Å². The van der Waals surface area contributed by atoms with Crippen molar-refractivity contribution in [2.45, 2.75) is 51.2 Å². The van der Waals surface area contributed by atoms with Crippen LogP contribution in [0.1, 0.15) is 61.1 Å². The van der Waals surface area contributed by atoms with Gasteiger partial charge in [0.25, 0.3) is 0 Å². The lowest BCUT2D eigenvalue weighted by atomic mass is 9.43. The molecular weight excluding hydrogens is 794 g/mol. The van der Waals surface area contributed by atoms with E-state index >= 15 is 0 Å². The second kappa shape index (κ2) is 13.6. The lowest BCUT2D eigenvalue weighted by Crippen LogP contribution is -2.31. The van der Waals surface area contributed by atoms with E-state index in [-0.39, 0.29) is 10.8 Å². The average Bonchev–Trinajstić information content (AvgIpc) is 3.97. The predicted octanol–water partition coefficient (Wildman–Crippen LogP) is 16.1. The van der Waals surface area contributed by atoms with Crippen LogP contribution >= 0.6 is 0 Å². The Morgan fingerprint density at radius 2 is 0.970 bits per heavy atom. The minimum atomic E-state index is -0.196. The maximum atomic E-state index is 2.68. The number of anilines is 3. The van der Waals surface area contributed by atoms with E-state index in [1.807, 2.05) is 0 Å². The average molecular weight is 842 g/mol. The quantitative estimate of drug-likeness (QED) is 0.0948. The molecule has 14 rings (SSSR count). The van der Waals surface area contributed by atoms with Crippen LogP contribution in [0.4, 0.5) is 17.1 Å². The van der Waals surface area contributed by atoms with E-state index in [0.717, 1.165) is 12.6 Å². The third kappa shape index (κ3) is 5.13. The van der Waals surface area contributed by atoms with Gasteiger partial charge in [0.2, 0.25) is 0 Å². The molecule has 0 unspecified atom stereocenters. The third-order valence-electron chi connectivity index (χ3n) is 16.2. The highest BCUT2D eigenvalue weighted by Gasteiger charge is 2.40. The summed E-state index contributed by atoms with van der Waals surface area (Å²) in [5.74, 6) is 0. The van der Waals surface area contributed by atoms with E-state index in [0.29, 0.717) is 6.71 Å². The van der Waals surface area contributed by atoms with Crippen LogP contribution in [0.3, 0.4) is 0 Å². The van der Waals surface area contributed by atoms with Crippen LogP contribution in [0.5, 0.6) is 0 Å². The molecule has 312 valence electrons. The molecule has 1 nitrogen and oxygen atoms in total. The molecule has 0 radical (unpaired) electrons. The van der Waals surface area contributed by atoms with Gasteiger partial charge in [0, 0.05) is 27.5 Å². The van der Waals surface area contributed by atoms with Gasteiger partial charge in [-0.3, -0.25) is 0 Å². The Bertz CT molecular complexity index is 3830. The van der Waals surface area contributed by atoms with Crippen molar-refractivity contribution in [3.8, 4) is 33.4 Å². The zero-order valence-corrected chi connectivity index (χ0v) is 37.9. The Morgan fingerprint density at radius 1 is 0.379 bits per heavy atom. The first-order valence-corrected chi connectivity index (χ1v) is 23.8. The molecule has 0 spiro atoms. The summed E-state index contributed by atoms with van der Waals surface area (Å²) in [6.07, 6.45) is 2.07. The highest BCUT2D eigenvalue weighted by atomic mass is 15.1. The zero-order valence-electron chi connectivity index (χ0n) is 37.9. The first-order valence-electron chi connectivity index (χ1n) is 23.8. The van der Waals surface area contributed by atoms with Gasteiger partial charge in [-0.15, -0.1) is 0 Å². The fraction of sp³-hybridized carbons (Fsp3) is 0.125. The van der Waals surface area contributed by atoms with Crippen LogP contribution in [0.15, 0.2) is 194 Å². The van der Waals surface area contributed by atoms with Crippen molar-refractivity contribution in [1.82, 2.24) is 0 Å². The summed E-state index contributed by atoms with van der Waals surface area (Å²) in [5, 5.41) is 10.4. The van der Waals surface area contributed by atoms with Crippen molar-refractivity contribution in [2.24, 2.45) is 0 Å². The Kier molecular flexibility index (Phi) is 7.79. The van der Waals surface area contributed by atoms with Crippen LogP contribution in [-0.4, -0.2) is 6.71 Å². The fourth-order valence-electron chi connectivity index (χ4n) is 13.1. The van der Waals surface area contributed by atoms with E-state index in [4.69, 9.17) is 0 Å². The SMILES string of the molecule is CC1(C)c2ccccc2-c2ccc(N(c3cc4c(cc3-c3cccc5c3CB(c3ccccc3)C5)-c3ccccc3C4(C)C)c3ccc4cccc5c6cccc7cccc(c3c45)c76)cc21. The molecule has 11 aromatic carbocycles. The number of nitrogens with zero attached hydrogens (tertiary/aromatic N) is 1. The molecule has 1 aliphatic heterocycles. The van der Waals surface area contributed by atoms with Gasteiger partial charge in [0.15, 0.2) is 6.71 Å². The summed E-state index contributed by atoms with van der Waals surface area (Å²) < 4.78 is 0. The monoisotopic (exact) mass is 841 g/mol. The van der Waals surface area contributed by atoms with Crippen molar-refractivity contribution >= 4 is 72.3 Å². The topological polar surface area (TPSA) is 3.24 Å². The third-order valence-corrected chi connectivity index (χ3v) is 16.2. The summed E-state index contributed by atoms with van der Waals surface area (Å²) in [6.45, 7) is 10.1. The number of hydrogen-bond acceptors (Lipinski definition) is 1. The van der Waals surface area contributed by atoms with Crippen molar-refractivity contribution in [3.63, 3.8) is 0 Å². The van der Waals surface area contributed by atoms with E-state index in [2.05, 4.69) is 227 Å². The fourth-order valence-corrected chi connectivity index (χ4v) is 13.1. The van der Waals surface area contributed by atoms with Crippen LogP contribution in [-0.2, 0) is 23.5 Å². The van der Waals surface area contributed by atoms with E-state index in [1.54, 1.807) is 0 Å². The van der Waals surface area contributed by atoms with Crippen LogP contribution in [0.25, 0.3) is 76.5 Å². The molecule has 0 bridgehead atoms. The standard InChI is InChI=1S/C64H48BN/c1-63(2)54-28-10-8-22-45(54)47-32-31-43(34-56(47)63)66(58-33-30-40-18-13-26-49-48-25-12-16-39-17-14-27-50(60(39)48)62(58)61(40)49)59-36-57-51(46-23-9-11-29-55(46)64(57,3)4)35-52(59)44-24-15-19-41-37-65(38-53(41)44)42-20-6-5-7-21-42/h5-36H,37-38H2,1-4H3. The Hall–Kier alpha value is -7.42. The first-order chi connectivity index (χ1) is 32.3. The molecule has 11 aromatic rings. The molecule has 2 heteroatoms. The lowest BCUT2D eigenvalue weighted by Gasteiger charge is -2.33. The Balaban J connectivity index is 1.12. The number of hydrogen-bond donors (Lipinski definition) is 0. The first kappa shape index (κ1) is 37.9. The Labute approximate surface area is 387 Å². The molecular formula is C64H48BN. The van der Waals surface area contributed by atoms with Crippen molar-refractivity contribution in [1.29, 1.82) is 0 Å². The normalized spacial score (nSPS) is 15.1. The van der Waals surface area contributed by atoms with Gasteiger partial charge in [0.05, 0.1) is 11.4 Å². The maximum Gasteiger partial charge on any atom is 0.184 e. The molecule has 0 atom stereocenters. The number of benzene rings is 11. The summed E-state index contributed by atoms with van der Waals surface area (Å²) in [4.78, 5) is 2.68. The second-order valence-corrected chi connectivity index (χ2v) is 20.4. The number of fused-ring (bicyclic) bond motifs is 9. The molecule has 0 aromatic heterocycles. The molecule has 0 fully saturated rings. The van der Waals surface area contributed by atoms with Crippen molar-refractivity contribution in [2.75, 3.05) is 4.90 Å². The second-order valence-electron chi connectivity index (χ2n) is 20.4. The smallest absolute Gasteiger partial charge is 0.184 e. The van der Waals surface area contributed by atoms with E-state index in [9.17, 15) is 0 Å². The van der Waals surface area contributed by atoms with Gasteiger partial charge < -0.3 is 4.90 Å². The van der Waals surface area contributed by atoms with Gasteiger partial charge >= 0.3 is 0 Å². The summed E-state index contributed by atoms with van der Waals surface area (Å²) in [7, 11) is 0. The van der Waals surface area contributed by atoms with Gasteiger partial charge in [-0.25, -0.2) is 0 Å². The summed E-state index contributed by atoms with van der Waals surface area (Å²) in [5.41, 5.74) is 21.1. The minimum absolute atomic E-state index is 0.167.